The molecule has 0 saturated carbocycles. The van der Waals surface area contributed by atoms with E-state index in [1.165, 1.54) is 18.2 Å². The van der Waals surface area contributed by atoms with Crippen LogP contribution in [0.5, 0.6) is 0 Å². The van der Waals surface area contributed by atoms with Gasteiger partial charge in [-0.25, -0.2) is 0 Å². The number of nitro groups is 3. The molecule has 0 heterocycles. The van der Waals surface area contributed by atoms with E-state index in [1.807, 2.05) is 0 Å². The summed E-state index contributed by atoms with van der Waals surface area (Å²) in [5, 5.41) is 34.2. The van der Waals surface area contributed by atoms with Gasteiger partial charge in [0, 0.05) is 23.9 Å². The zero-order chi connectivity index (χ0) is 18.7. The number of hydrogen-bond donors (Lipinski definition) is 1. The maximum absolute atomic E-state index is 12.3. The van der Waals surface area contributed by atoms with E-state index in [2.05, 4.69) is 5.32 Å². The molecule has 0 unspecified atom stereocenters. The van der Waals surface area contributed by atoms with Gasteiger partial charge in [0.2, 0.25) is 0 Å². The summed E-state index contributed by atoms with van der Waals surface area (Å²) in [6.45, 7) is 0. The summed E-state index contributed by atoms with van der Waals surface area (Å²) in [6, 6.07) is 6.31. The van der Waals surface area contributed by atoms with Crippen LogP contribution in [0.3, 0.4) is 0 Å². The van der Waals surface area contributed by atoms with Crippen LogP contribution in [0.4, 0.5) is 22.7 Å². The summed E-state index contributed by atoms with van der Waals surface area (Å²) < 4.78 is 0. The lowest BCUT2D eigenvalue weighted by Crippen LogP contribution is -2.13. The Morgan fingerprint density at radius 1 is 0.920 bits per heavy atom. The molecule has 0 atom stereocenters. The van der Waals surface area contributed by atoms with Crippen LogP contribution in [0.2, 0.25) is 5.02 Å². The molecule has 0 fully saturated rings. The first kappa shape index (κ1) is 17.7. The van der Waals surface area contributed by atoms with Crippen LogP contribution in [-0.2, 0) is 0 Å². The van der Waals surface area contributed by atoms with Crippen molar-refractivity contribution in [2.24, 2.45) is 0 Å². The molecule has 128 valence electrons. The van der Waals surface area contributed by atoms with Crippen molar-refractivity contribution in [3.63, 3.8) is 0 Å². The van der Waals surface area contributed by atoms with Crippen molar-refractivity contribution >= 4 is 40.3 Å². The Labute approximate surface area is 143 Å². The maximum atomic E-state index is 12.3. The number of hydrogen-bond acceptors (Lipinski definition) is 7. The summed E-state index contributed by atoms with van der Waals surface area (Å²) in [7, 11) is 0. The lowest BCUT2D eigenvalue weighted by Gasteiger charge is -2.07. The summed E-state index contributed by atoms with van der Waals surface area (Å²) in [5.41, 5.74) is -2.28. The van der Waals surface area contributed by atoms with Gasteiger partial charge >= 0.3 is 0 Å². The second-order valence-electron chi connectivity index (χ2n) is 4.60. The highest BCUT2D eigenvalue weighted by Gasteiger charge is 2.26. The molecule has 0 aromatic heterocycles. The van der Waals surface area contributed by atoms with Gasteiger partial charge in [-0.1, -0.05) is 17.7 Å². The number of benzene rings is 2. The first-order valence-electron chi connectivity index (χ1n) is 6.39. The molecule has 1 N–H and O–H groups in total. The third-order valence-electron chi connectivity index (χ3n) is 3.01. The van der Waals surface area contributed by atoms with Gasteiger partial charge in [0.15, 0.2) is 0 Å². The number of nitro benzene ring substituents is 3. The van der Waals surface area contributed by atoms with Crippen molar-refractivity contribution in [1.82, 2.24) is 0 Å². The third-order valence-corrected chi connectivity index (χ3v) is 3.40. The Bertz CT molecular complexity index is 915. The molecule has 2 rings (SSSR count). The van der Waals surface area contributed by atoms with Gasteiger partial charge in [0.25, 0.3) is 23.0 Å². The fourth-order valence-electron chi connectivity index (χ4n) is 1.89. The van der Waals surface area contributed by atoms with E-state index in [-0.39, 0.29) is 11.4 Å². The highest BCUT2D eigenvalue weighted by molar-refractivity contribution is 6.36. The quantitative estimate of drug-likeness (QED) is 0.627. The fourth-order valence-corrected chi connectivity index (χ4v) is 2.16. The average molecular weight is 367 g/mol. The normalized spacial score (nSPS) is 10.1. The first-order chi connectivity index (χ1) is 11.7. The Kier molecular flexibility index (Phi) is 4.89. The van der Waals surface area contributed by atoms with E-state index in [9.17, 15) is 35.1 Å². The van der Waals surface area contributed by atoms with Gasteiger partial charge in [0.1, 0.15) is 5.02 Å². The lowest BCUT2D eigenvalue weighted by atomic mass is 10.1. The number of nitrogens with zero attached hydrogens (tertiary/aromatic N) is 3. The van der Waals surface area contributed by atoms with Crippen LogP contribution in [0.25, 0.3) is 0 Å². The number of amides is 1. The summed E-state index contributed by atoms with van der Waals surface area (Å²) >= 11 is 5.79. The van der Waals surface area contributed by atoms with Gasteiger partial charge < -0.3 is 5.32 Å². The molecule has 2 aromatic rings. The number of carbonyl (C=O) groups is 1. The van der Waals surface area contributed by atoms with Crippen LogP contribution >= 0.6 is 11.6 Å². The standard InChI is InChI=1S/C13H7ClN4O7/c14-12-10(5-9(17(22)23)6-11(12)18(24)25)13(19)15-7-2-1-3-8(4-7)16(20)21/h1-6H,(H,15,19). The van der Waals surface area contributed by atoms with Gasteiger partial charge in [-0.05, 0) is 6.07 Å². The van der Waals surface area contributed by atoms with Crippen LogP contribution in [0.1, 0.15) is 10.4 Å². The second kappa shape index (κ2) is 6.88. The minimum absolute atomic E-state index is 0.0180. The average Bonchev–Trinajstić information content (AvgIpc) is 2.54. The van der Waals surface area contributed by atoms with Crippen LogP contribution in [-0.4, -0.2) is 20.7 Å². The predicted molar refractivity (Wildman–Crippen MR) is 85.8 cm³/mol. The topological polar surface area (TPSA) is 159 Å². The Morgan fingerprint density at radius 2 is 1.56 bits per heavy atom. The highest BCUT2D eigenvalue weighted by Crippen LogP contribution is 2.33. The number of anilines is 1. The van der Waals surface area contributed by atoms with Gasteiger partial charge in [-0.3, -0.25) is 35.1 Å². The molecule has 2 aromatic carbocycles. The van der Waals surface area contributed by atoms with Gasteiger partial charge in [0.05, 0.1) is 26.4 Å². The van der Waals surface area contributed by atoms with E-state index in [4.69, 9.17) is 11.6 Å². The van der Waals surface area contributed by atoms with Crippen molar-refractivity contribution < 1.29 is 19.6 Å². The molecular formula is C13H7ClN4O7. The molecule has 0 aliphatic rings. The van der Waals surface area contributed by atoms with Crippen molar-refractivity contribution in [1.29, 1.82) is 0 Å². The molecule has 0 aliphatic carbocycles. The molecule has 1 amide bonds. The monoisotopic (exact) mass is 366 g/mol. The van der Waals surface area contributed by atoms with Gasteiger partial charge in [-0.15, -0.1) is 0 Å². The molecule has 0 saturated heterocycles. The van der Waals surface area contributed by atoms with E-state index in [0.29, 0.717) is 6.07 Å². The Balaban J connectivity index is 2.45. The number of non-ortho nitro benzene ring substituents is 2. The Hall–Kier alpha value is -3.60. The SMILES string of the molecule is O=C(Nc1cccc([N+](=O)[O-])c1)c1cc([N+](=O)[O-])cc([N+](=O)[O-])c1Cl. The zero-order valence-electron chi connectivity index (χ0n) is 12.0. The smallest absolute Gasteiger partial charge is 0.295 e. The lowest BCUT2D eigenvalue weighted by molar-refractivity contribution is -0.394. The van der Waals surface area contributed by atoms with Crippen LogP contribution in [0, 0.1) is 30.3 Å². The fraction of sp³-hybridized carbons (Fsp3) is 0. The number of rotatable bonds is 5. The molecule has 25 heavy (non-hydrogen) atoms. The van der Waals surface area contributed by atoms with E-state index < -0.39 is 42.6 Å². The van der Waals surface area contributed by atoms with Gasteiger partial charge in [-0.2, -0.15) is 0 Å². The van der Waals surface area contributed by atoms with E-state index >= 15 is 0 Å². The van der Waals surface area contributed by atoms with Crippen molar-refractivity contribution in [3.8, 4) is 0 Å². The number of nitrogens with one attached hydrogen (secondary N) is 1. The maximum Gasteiger partial charge on any atom is 0.295 e. The third kappa shape index (κ3) is 3.84. The van der Waals surface area contributed by atoms with E-state index in [1.54, 1.807) is 0 Å². The molecular weight excluding hydrogens is 360 g/mol. The predicted octanol–water partition coefficient (Wildman–Crippen LogP) is 3.32. The first-order valence-corrected chi connectivity index (χ1v) is 6.76. The number of carbonyl (C=O) groups excluding carboxylic acids is 1. The molecule has 0 aliphatic heterocycles. The Morgan fingerprint density at radius 3 is 2.12 bits per heavy atom. The molecule has 0 radical (unpaired) electrons. The molecule has 0 spiro atoms. The van der Waals surface area contributed by atoms with Crippen molar-refractivity contribution in [2.45, 2.75) is 0 Å². The second-order valence-corrected chi connectivity index (χ2v) is 4.98. The summed E-state index contributed by atoms with van der Waals surface area (Å²) in [6.07, 6.45) is 0. The molecule has 12 heteroatoms. The zero-order valence-corrected chi connectivity index (χ0v) is 12.8. The minimum atomic E-state index is -0.989. The van der Waals surface area contributed by atoms with Crippen molar-refractivity contribution in [2.75, 3.05) is 5.32 Å². The largest absolute Gasteiger partial charge is 0.322 e. The minimum Gasteiger partial charge on any atom is -0.322 e. The molecule has 0 bridgehead atoms. The summed E-state index contributed by atoms with van der Waals surface area (Å²) in [5.74, 6) is -0.989. The summed E-state index contributed by atoms with van der Waals surface area (Å²) in [4.78, 5) is 42.2. The number of halogens is 1. The van der Waals surface area contributed by atoms with Crippen LogP contribution in [0.15, 0.2) is 36.4 Å². The molecule has 11 nitrogen and oxygen atoms in total. The van der Waals surface area contributed by atoms with Crippen LogP contribution < -0.4 is 5.32 Å². The van der Waals surface area contributed by atoms with E-state index in [0.717, 1.165) is 12.1 Å². The van der Waals surface area contributed by atoms with Crippen molar-refractivity contribution in [3.05, 3.63) is 77.3 Å². The highest BCUT2D eigenvalue weighted by atomic mass is 35.5.